The van der Waals surface area contributed by atoms with Crippen LogP contribution in [0.3, 0.4) is 0 Å². The summed E-state index contributed by atoms with van der Waals surface area (Å²) in [5.74, 6) is 0. The Labute approximate surface area is 399 Å². The molecule has 0 amide bonds. The maximum atomic E-state index is 2.56. The van der Waals surface area contributed by atoms with Crippen molar-refractivity contribution < 1.29 is 0 Å². The van der Waals surface area contributed by atoms with E-state index in [1.165, 1.54) is 126 Å². The highest BCUT2D eigenvalue weighted by atomic mass is 15.1. The summed E-state index contributed by atoms with van der Waals surface area (Å²) in [6.45, 7) is 0. The van der Waals surface area contributed by atoms with E-state index in [1.807, 2.05) is 0 Å². The van der Waals surface area contributed by atoms with Gasteiger partial charge in [0.1, 0.15) is 0 Å². The molecule has 68 heavy (non-hydrogen) atoms. The van der Waals surface area contributed by atoms with Crippen LogP contribution in [-0.2, 0) is 5.41 Å². The summed E-state index contributed by atoms with van der Waals surface area (Å²) in [4.78, 5) is 2.53. The molecule has 13 rings (SSSR count). The Balaban J connectivity index is 1.01. The molecule has 0 saturated heterocycles. The van der Waals surface area contributed by atoms with Crippen molar-refractivity contribution in [2.45, 2.75) is 37.5 Å². The fraction of sp³-hybridized carbons (Fsp3) is 0.0909. The minimum atomic E-state index is 0.0267. The zero-order valence-corrected chi connectivity index (χ0v) is 38.0. The van der Waals surface area contributed by atoms with Gasteiger partial charge in [-0.1, -0.05) is 213 Å². The number of fused-ring (bicyclic) bond motifs is 8. The van der Waals surface area contributed by atoms with E-state index in [4.69, 9.17) is 0 Å². The van der Waals surface area contributed by atoms with Crippen molar-refractivity contribution in [2.75, 3.05) is 4.90 Å². The molecule has 2 nitrogen and oxygen atoms in total. The van der Waals surface area contributed by atoms with Gasteiger partial charge < -0.3 is 9.47 Å². The van der Waals surface area contributed by atoms with Crippen LogP contribution in [0.2, 0.25) is 0 Å². The molecule has 0 unspecified atom stereocenters. The molecule has 11 aromatic rings. The van der Waals surface area contributed by atoms with Crippen molar-refractivity contribution in [3.63, 3.8) is 0 Å². The van der Waals surface area contributed by atoms with Crippen LogP contribution >= 0.6 is 0 Å². The second-order valence-corrected chi connectivity index (χ2v) is 18.7. The lowest BCUT2D eigenvalue weighted by Gasteiger charge is -2.37. The number of hydrogen-bond donors (Lipinski definition) is 0. The minimum Gasteiger partial charge on any atom is -0.310 e. The van der Waals surface area contributed by atoms with Crippen LogP contribution in [0.25, 0.3) is 83.1 Å². The molecule has 10 aromatic carbocycles. The molecule has 1 saturated carbocycles. The van der Waals surface area contributed by atoms with E-state index in [0.717, 1.165) is 17.1 Å². The highest BCUT2D eigenvalue weighted by Gasteiger charge is 2.44. The summed E-state index contributed by atoms with van der Waals surface area (Å²) in [6, 6.07) is 89.9. The van der Waals surface area contributed by atoms with Crippen molar-refractivity contribution in [3.05, 3.63) is 254 Å². The predicted molar refractivity (Wildman–Crippen MR) is 287 cm³/mol. The summed E-state index contributed by atoms with van der Waals surface area (Å²) in [5.41, 5.74) is 22.5. The van der Waals surface area contributed by atoms with E-state index in [2.05, 4.69) is 252 Å². The fourth-order valence-corrected chi connectivity index (χ4v) is 12.0. The number of benzene rings is 10. The molecule has 324 valence electrons. The number of rotatable bonds is 8. The molecule has 1 aromatic heterocycles. The maximum absolute atomic E-state index is 2.56. The topological polar surface area (TPSA) is 8.17 Å². The molecule has 1 spiro atoms. The largest absolute Gasteiger partial charge is 0.310 e. The summed E-state index contributed by atoms with van der Waals surface area (Å²) in [5, 5.41) is 2.51. The summed E-state index contributed by atoms with van der Waals surface area (Å²) in [7, 11) is 0. The Morgan fingerprint density at radius 3 is 1.63 bits per heavy atom. The second-order valence-electron chi connectivity index (χ2n) is 18.7. The SMILES string of the molecule is c1ccc(-c2ccccc2-c2ccccc2-c2ccccc2N(c2ccc(-c3cccc4c5ccccc5n(-c5ccccc5)c34)cc2)c2ccc3c(c2)C2(CCCCC2)c2ccccc2-3)cc1. The fourth-order valence-electron chi connectivity index (χ4n) is 12.0. The molecule has 2 heteroatoms. The number of para-hydroxylation sites is 4. The molecule has 0 radical (unpaired) electrons. The van der Waals surface area contributed by atoms with Crippen molar-refractivity contribution in [1.82, 2.24) is 4.57 Å². The zero-order chi connectivity index (χ0) is 45.0. The summed E-state index contributed by atoms with van der Waals surface area (Å²) in [6.07, 6.45) is 6.18. The monoisotopic (exact) mass is 870 g/mol. The van der Waals surface area contributed by atoms with E-state index < -0.39 is 0 Å². The number of hydrogen-bond acceptors (Lipinski definition) is 1. The van der Waals surface area contributed by atoms with Gasteiger partial charge in [-0.05, 0) is 117 Å². The molecule has 0 bridgehead atoms. The van der Waals surface area contributed by atoms with Gasteiger partial charge in [-0.2, -0.15) is 0 Å². The molecular weight excluding hydrogens is 821 g/mol. The Kier molecular flexibility index (Phi) is 9.79. The van der Waals surface area contributed by atoms with Crippen LogP contribution in [0.1, 0.15) is 43.2 Å². The highest BCUT2D eigenvalue weighted by molar-refractivity contribution is 6.14. The van der Waals surface area contributed by atoms with E-state index in [1.54, 1.807) is 0 Å². The first-order valence-corrected chi connectivity index (χ1v) is 24.3. The van der Waals surface area contributed by atoms with Crippen molar-refractivity contribution in [2.24, 2.45) is 0 Å². The molecule has 0 aliphatic heterocycles. The number of aromatic nitrogens is 1. The molecule has 1 heterocycles. The van der Waals surface area contributed by atoms with Gasteiger partial charge in [-0.3, -0.25) is 0 Å². The second kappa shape index (κ2) is 16.6. The molecule has 2 aliphatic carbocycles. The van der Waals surface area contributed by atoms with Crippen LogP contribution in [0, 0.1) is 0 Å². The maximum Gasteiger partial charge on any atom is 0.0619 e. The molecular formula is C66H50N2. The van der Waals surface area contributed by atoms with Crippen molar-refractivity contribution >= 4 is 38.9 Å². The van der Waals surface area contributed by atoms with Crippen LogP contribution < -0.4 is 4.90 Å². The van der Waals surface area contributed by atoms with Gasteiger partial charge in [0.15, 0.2) is 0 Å². The standard InChI is InChI=1S/C66H50N2/c1-4-21-46(22-5-1)51-25-8-9-26-53(51)54-27-10-11-28-55(54)58-30-13-16-35-63(58)67(50-41-42-57-56-29-12-15-34-61(56)66(62(57)45-50)43-18-3-19-44-66)49-39-37-47(38-40-49)52-32-20-33-60-59-31-14-17-36-64(59)68(65(52)60)48-23-6-2-7-24-48/h1-2,4-17,20-42,45H,3,18-19,43-44H2. The first-order valence-electron chi connectivity index (χ1n) is 24.3. The van der Waals surface area contributed by atoms with Gasteiger partial charge in [0.05, 0.1) is 16.7 Å². The van der Waals surface area contributed by atoms with Crippen LogP contribution in [-0.4, -0.2) is 4.57 Å². The van der Waals surface area contributed by atoms with Crippen LogP contribution in [0.5, 0.6) is 0 Å². The lowest BCUT2D eigenvalue weighted by molar-refractivity contribution is 0.353. The Hall–Kier alpha value is -8.20. The smallest absolute Gasteiger partial charge is 0.0619 e. The highest BCUT2D eigenvalue weighted by Crippen LogP contribution is 2.57. The Bertz CT molecular complexity index is 3650. The summed E-state index contributed by atoms with van der Waals surface area (Å²) < 4.78 is 2.44. The molecule has 2 aliphatic rings. The lowest BCUT2D eigenvalue weighted by Crippen LogP contribution is -2.28. The van der Waals surface area contributed by atoms with Gasteiger partial charge in [-0.25, -0.2) is 0 Å². The molecule has 0 atom stereocenters. The third kappa shape index (κ3) is 6.47. The lowest BCUT2D eigenvalue weighted by atomic mass is 9.68. The third-order valence-corrected chi connectivity index (χ3v) is 15.0. The quantitative estimate of drug-likeness (QED) is 0.148. The van der Waals surface area contributed by atoms with Gasteiger partial charge >= 0.3 is 0 Å². The number of anilines is 3. The average Bonchev–Trinajstić information content (AvgIpc) is 3.89. The third-order valence-electron chi connectivity index (χ3n) is 15.0. The average molecular weight is 871 g/mol. The first-order chi connectivity index (χ1) is 33.7. The zero-order valence-electron chi connectivity index (χ0n) is 38.0. The van der Waals surface area contributed by atoms with E-state index in [9.17, 15) is 0 Å². The Morgan fingerprint density at radius 2 is 0.868 bits per heavy atom. The van der Waals surface area contributed by atoms with Gasteiger partial charge in [0.25, 0.3) is 0 Å². The van der Waals surface area contributed by atoms with Crippen molar-refractivity contribution in [1.29, 1.82) is 0 Å². The summed E-state index contributed by atoms with van der Waals surface area (Å²) >= 11 is 0. The minimum absolute atomic E-state index is 0.0267. The normalized spacial score (nSPS) is 13.7. The molecule has 0 N–H and O–H groups in total. The number of nitrogens with zero attached hydrogens (tertiary/aromatic N) is 2. The van der Waals surface area contributed by atoms with E-state index in [0.29, 0.717) is 0 Å². The van der Waals surface area contributed by atoms with Crippen LogP contribution in [0.15, 0.2) is 243 Å². The first kappa shape index (κ1) is 40.1. The van der Waals surface area contributed by atoms with Gasteiger partial charge in [0.2, 0.25) is 0 Å². The van der Waals surface area contributed by atoms with Gasteiger partial charge in [0, 0.05) is 44.4 Å². The molecule has 1 fully saturated rings. The predicted octanol–water partition coefficient (Wildman–Crippen LogP) is 18.2. The van der Waals surface area contributed by atoms with Crippen LogP contribution in [0.4, 0.5) is 17.1 Å². The van der Waals surface area contributed by atoms with E-state index in [-0.39, 0.29) is 5.41 Å². The van der Waals surface area contributed by atoms with Crippen molar-refractivity contribution in [3.8, 4) is 61.3 Å². The van der Waals surface area contributed by atoms with E-state index >= 15 is 0 Å². The van der Waals surface area contributed by atoms with Gasteiger partial charge in [-0.15, -0.1) is 0 Å². The Morgan fingerprint density at radius 1 is 0.338 bits per heavy atom.